The van der Waals surface area contributed by atoms with Crippen LogP contribution in [0.2, 0.25) is 0 Å². The molecular weight excluding hydrogens is 316 g/mol. The third kappa shape index (κ3) is 4.59. The average Bonchev–Trinajstić information content (AvgIpc) is 3.21. The van der Waals surface area contributed by atoms with Crippen LogP contribution in [-0.4, -0.2) is 40.7 Å². The first kappa shape index (κ1) is 17.0. The first-order valence-electron chi connectivity index (χ1n) is 8.62. The number of para-hydroxylation sites is 1. The van der Waals surface area contributed by atoms with Crippen molar-refractivity contribution >= 4 is 16.9 Å². The molecule has 2 heterocycles. The number of nitrogens with zero attached hydrogens (tertiary/aromatic N) is 3. The lowest BCUT2D eigenvalue weighted by atomic mass is 10.1. The zero-order valence-corrected chi connectivity index (χ0v) is 14.7. The summed E-state index contributed by atoms with van der Waals surface area (Å²) in [6, 6.07) is 8.35. The van der Waals surface area contributed by atoms with E-state index in [1.54, 1.807) is 0 Å². The van der Waals surface area contributed by atoms with Crippen LogP contribution in [0, 0.1) is 6.92 Å². The molecule has 25 heavy (non-hydrogen) atoms. The van der Waals surface area contributed by atoms with Gasteiger partial charge in [0.1, 0.15) is 0 Å². The van der Waals surface area contributed by atoms with Crippen molar-refractivity contribution in [3.05, 3.63) is 47.7 Å². The number of hydrogen-bond donors (Lipinski definition) is 3. The molecule has 0 amide bonds. The number of aromatic nitrogens is 3. The Hall–Kier alpha value is -2.83. The molecule has 3 aromatic rings. The maximum atomic E-state index is 5.10. The number of hydrogen-bond acceptors (Lipinski definition) is 4. The molecular formula is C18H24N6O. The minimum atomic E-state index is 0.601. The Morgan fingerprint density at radius 1 is 1.24 bits per heavy atom. The van der Waals surface area contributed by atoms with Crippen LogP contribution in [0.5, 0.6) is 0 Å². The summed E-state index contributed by atoms with van der Waals surface area (Å²) in [6.07, 6.45) is 3.64. The van der Waals surface area contributed by atoms with Gasteiger partial charge < -0.3 is 20.1 Å². The molecule has 0 radical (unpaired) electrons. The topological polar surface area (TPSA) is 91.1 Å². The van der Waals surface area contributed by atoms with E-state index in [1.807, 2.05) is 13.0 Å². The molecule has 0 saturated carbocycles. The molecule has 0 spiro atoms. The van der Waals surface area contributed by atoms with Crippen LogP contribution >= 0.6 is 0 Å². The Labute approximate surface area is 146 Å². The van der Waals surface area contributed by atoms with Crippen LogP contribution in [0.25, 0.3) is 10.9 Å². The Balaban J connectivity index is 1.51. The van der Waals surface area contributed by atoms with Gasteiger partial charge in [-0.25, -0.2) is 0 Å². The molecule has 3 N–H and O–H groups in total. The van der Waals surface area contributed by atoms with E-state index in [9.17, 15) is 0 Å². The number of H-pyrrole nitrogens is 1. The molecule has 0 aliphatic rings. The molecule has 0 bridgehead atoms. The lowest BCUT2D eigenvalue weighted by molar-refractivity contribution is 0.376. The number of nitrogens with one attached hydrogen (secondary N) is 3. The molecule has 3 rings (SSSR count). The summed E-state index contributed by atoms with van der Waals surface area (Å²) < 4.78 is 5.10. The maximum Gasteiger partial charge on any atom is 0.228 e. The van der Waals surface area contributed by atoms with E-state index in [0.717, 1.165) is 25.5 Å². The fraction of sp³-hybridized carbons (Fsp3) is 0.389. The van der Waals surface area contributed by atoms with E-state index in [4.69, 9.17) is 4.52 Å². The van der Waals surface area contributed by atoms with Crippen LogP contribution in [0.3, 0.4) is 0 Å². The number of guanidine groups is 1. The number of rotatable bonds is 7. The van der Waals surface area contributed by atoms with Crippen LogP contribution in [-0.2, 0) is 12.8 Å². The Morgan fingerprint density at radius 3 is 2.92 bits per heavy atom. The number of aliphatic imine (C=N–C) groups is 1. The number of fused-ring (bicyclic) bond motifs is 1. The second-order valence-corrected chi connectivity index (χ2v) is 5.78. The normalized spacial score (nSPS) is 11.8. The standard InChI is InChI=1S/C18H24N6O/c1-3-19-18(21-11-9-17-23-13(2)24-25-17)20-10-8-14-12-22-16-7-5-4-6-15(14)16/h4-7,12,22H,3,8-11H2,1-2H3,(H2,19,20,21). The zero-order chi connectivity index (χ0) is 17.5. The van der Waals surface area contributed by atoms with Crippen LogP contribution in [0.15, 0.2) is 40.0 Å². The van der Waals surface area contributed by atoms with Crippen LogP contribution in [0.1, 0.15) is 24.2 Å². The van der Waals surface area contributed by atoms with Gasteiger partial charge >= 0.3 is 0 Å². The number of aryl methyl sites for hydroxylation is 1. The summed E-state index contributed by atoms with van der Waals surface area (Å²) in [5.74, 6) is 2.08. The maximum absolute atomic E-state index is 5.10. The summed E-state index contributed by atoms with van der Waals surface area (Å²) >= 11 is 0. The van der Waals surface area contributed by atoms with Crippen molar-refractivity contribution in [1.82, 2.24) is 25.8 Å². The molecule has 0 aliphatic heterocycles. The van der Waals surface area contributed by atoms with Crippen LogP contribution in [0.4, 0.5) is 0 Å². The lowest BCUT2D eigenvalue weighted by Gasteiger charge is -2.10. The van der Waals surface area contributed by atoms with Crippen molar-refractivity contribution in [3.63, 3.8) is 0 Å². The molecule has 7 nitrogen and oxygen atoms in total. The predicted molar refractivity (Wildman–Crippen MR) is 98.7 cm³/mol. The quantitative estimate of drug-likeness (QED) is 0.453. The fourth-order valence-electron chi connectivity index (χ4n) is 2.70. The van der Waals surface area contributed by atoms with Crippen molar-refractivity contribution in [2.24, 2.45) is 4.99 Å². The van der Waals surface area contributed by atoms with E-state index in [0.29, 0.717) is 24.7 Å². The molecule has 2 aromatic heterocycles. The molecule has 7 heteroatoms. The molecule has 0 atom stereocenters. The molecule has 1 aromatic carbocycles. The molecule has 132 valence electrons. The van der Waals surface area contributed by atoms with Gasteiger partial charge in [0, 0.05) is 36.6 Å². The highest BCUT2D eigenvalue weighted by Crippen LogP contribution is 2.17. The molecule has 0 unspecified atom stereocenters. The highest BCUT2D eigenvalue weighted by Gasteiger charge is 2.04. The van der Waals surface area contributed by atoms with E-state index >= 15 is 0 Å². The monoisotopic (exact) mass is 340 g/mol. The third-order valence-corrected chi connectivity index (χ3v) is 3.87. The Morgan fingerprint density at radius 2 is 2.12 bits per heavy atom. The highest BCUT2D eigenvalue weighted by molar-refractivity contribution is 5.83. The highest BCUT2D eigenvalue weighted by atomic mass is 16.5. The van der Waals surface area contributed by atoms with Gasteiger partial charge in [-0.2, -0.15) is 4.98 Å². The van der Waals surface area contributed by atoms with Crippen molar-refractivity contribution in [2.45, 2.75) is 26.7 Å². The van der Waals surface area contributed by atoms with Gasteiger partial charge in [-0.1, -0.05) is 23.4 Å². The van der Waals surface area contributed by atoms with Gasteiger partial charge in [-0.15, -0.1) is 0 Å². The lowest BCUT2D eigenvalue weighted by Crippen LogP contribution is -2.38. The van der Waals surface area contributed by atoms with E-state index in [1.165, 1.54) is 16.5 Å². The predicted octanol–water partition coefficient (Wildman–Crippen LogP) is 2.20. The Kier molecular flexibility index (Phi) is 5.66. The van der Waals surface area contributed by atoms with Crippen LogP contribution < -0.4 is 10.6 Å². The van der Waals surface area contributed by atoms with E-state index in [-0.39, 0.29) is 0 Å². The average molecular weight is 340 g/mol. The summed E-state index contributed by atoms with van der Waals surface area (Å²) in [4.78, 5) is 12.1. The second kappa shape index (κ2) is 8.32. The zero-order valence-electron chi connectivity index (χ0n) is 14.7. The summed E-state index contributed by atoms with van der Waals surface area (Å²) in [5, 5.41) is 11.7. The van der Waals surface area contributed by atoms with Crippen molar-refractivity contribution < 1.29 is 4.52 Å². The molecule has 0 saturated heterocycles. The van der Waals surface area contributed by atoms with Crippen molar-refractivity contribution in [2.75, 3.05) is 19.6 Å². The molecule has 0 fully saturated rings. The summed E-state index contributed by atoms with van der Waals surface area (Å²) in [7, 11) is 0. The van der Waals surface area contributed by atoms with E-state index in [2.05, 4.69) is 62.1 Å². The number of aromatic amines is 1. The second-order valence-electron chi connectivity index (χ2n) is 5.78. The first-order chi connectivity index (χ1) is 12.3. The van der Waals surface area contributed by atoms with Crippen molar-refractivity contribution in [3.8, 4) is 0 Å². The van der Waals surface area contributed by atoms with Gasteiger partial charge in [0.05, 0.1) is 6.54 Å². The minimum Gasteiger partial charge on any atom is -0.361 e. The fourth-order valence-corrected chi connectivity index (χ4v) is 2.70. The van der Waals surface area contributed by atoms with Gasteiger partial charge in [0.15, 0.2) is 11.8 Å². The molecule has 0 aliphatic carbocycles. The third-order valence-electron chi connectivity index (χ3n) is 3.87. The van der Waals surface area contributed by atoms with Gasteiger partial charge in [0.2, 0.25) is 5.89 Å². The largest absolute Gasteiger partial charge is 0.361 e. The summed E-state index contributed by atoms with van der Waals surface area (Å²) in [5.41, 5.74) is 2.48. The van der Waals surface area contributed by atoms with E-state index < -0.39 is 0 Å². The number of benzene rings is 1. The smallest absolute Gasteiger partial charge is 0.228 e. The Bertz CT molecular complexity index is 835. The summed E-state index contributed by atoms with van der Waals surface area (Å²) in [6.45, 7) is 6.10. The first-order valence-corrected chi connectivity index (χ1v) is 8.62. The minimum absolute atomic E-state index is 0.601. The van der Waals surface area contributed by atoms with Gasteiger partial charge in [-0.05, 0) is 31.9 Å². The van der Waals surface area contributed by atoms with Gasteiger partial charge in [-0.3, -0.25) is 4.99 Å². The van der Waals surface area contributed by atoms with Gasteiger partial charge in [0.25, 0.3) is 0 Å². The van der Waals surface area contributed by atoms with Crippen molar-refractivity contribution in [1.29, 1.82) is 0 Å². The SMILES string of the molecule is CCNC(=NCCc1nc(C)no1)NCCc1c[nH]c2ccccc12.